The molecule has 2 N–H and O–H groups in total. The summed E-state index contributed by atoms with van der Waals surface area (Å²) in [5, 5.41) is 2.91. The fourth-order valence-corrected chi connectivity index (χ4v) is 2.26. The predicted molar refractivity (Wildman–Crippen MR) is 63.4 cm³/mol. The molecule has 90 valence electrons. The minimum Gasteiger partial charge on any atom is -0.320 e. The van der Waals surface area contributed by atoms with Gasteiger partial charge in [-0.2, -0.15) is 0 Å². The van der Waals surface area contributed by atoms with Crippen LogP contribution >= 0.6 is 0 Å². The van der Waals surface area contributed by atoms with Crippen molar-refractivity contribution in [2.24, 2.45) is 0 Å². The van der Waals surface area contributed by atoms with Gasteiger partial charge >= 0.3 is 0 Å². The first kappa shape index (κ1) is 13.1. The Morgan fingerprint density at radius 3 is 2.62 bits per heavy atom. The van der Waals surface area contributed by atoms with Gasteiger partial charge in [0.2, 0.25) is 10.0 Å². The summed E-state index contributed by atoms with van der Waals surface area (Å²) >= 11 is 0. The van der Waals surface area contributed by atoms with Crippen LogP contribution in [0.4, 0.5) is 0 Å². The van der Waals surface area contributed by atoms with Crippen molar-refractivity contribution in [3.8, 4) is 0 Å². The molecule has 0 atom stereocenters. The van der Waals surface area contributed by atoms with E-state index in [1.807, 2.05) is 0 Å². The fraction of sp³-hybridized carbons (Fsp3) is 0.500. The first-order chi connectivity index (χ1) is 7.64. The van der Waals surface area contributed by atoms with Gasteiger partial charge in [0.15, 0.2) is 0 Å². The first-order valence-electron chi connectivity index (χ1n) is 5.15. The summed E-state index contributed by atoms with van der Waals surface area (Å²) < 4.78 is 25.6. The minimum absolute atomic E-state index is 0.152. The van der Waals surface area contributed by atoms with Crippen LogP contribution in [0.2, 0.25) is 0 Å². The first-order valence-corrected chi connectivity index (χ1v) is 6.80. The maximum absolute atomic E-state index is 11.5. The van der Waals surface area contributed by atoms with Crippen LogP contribution in [0.3, 0.4) is 0 Å². The van der Waals surface area contributed by atoms with Gasteiger partial charge in [-0.1, -0.05) is 0 Å². The van der Waals surface area contributed by atoms with E-state index in [1.54, 1.807) is 31.6 Å². The fourth-order valence-electron chi connectivity index (χ4n) is 1.21. The summed E-state index contributed by atoms with van der Waals surface area (Å²) in [7, 11) is -1.36. The van der Waals surface area contributed by atoms with Gasteiger partial charge < -0.3 is 5.32 Å². The van der Waals surface area contributed by atoms with Crippen molar-refractivity contribution in [3.63, 3.8) is 0 Å². The highest BCUT2D eigenvalue weighted by molar-refractivity contribution is 7.89. The quantitative estimate of drug-likeness (QED) is 0.667. The molecule has 0 aliphatic heterocycles. The summed E-state index contributed by atoms with van der Waals surface area (Å²) in [6.07, 6.45) is 3.90. The summed E-state index contributed by atoms with van der Waals surface area (Å²) in [5.41, 5.74) is 0.909. The minimum atomic E-state index is -3.16. The van der Waals surface area contributed by atoms with Crippen molar-refractivity contribution in [2.75, 3.05) is 19.3 Å². The number of pyridine rings is 1. The lowest BCUT2D eigenvalue weighted by Crippen LogP contribution is -2.27. The summed E-state index contributed by atoms with van der Waals surface area (Å²) in [5.74, 6) is 0.152. The zero-order valence-corrected chi connectivity index (χ0v) is 10.1. The van der Waals surface area contributed by atoms with Crippen LogP contribution in [0.5, 0.6) is 0 Å². The number of rotatable bonds is 7. The van der Waals surface area contributed by atoms with Gasteiger partial charge in [0.25, 0.3) is 0 Å². The van der Waals surface area contributed by atoms with Crippen LogP contribution in [0.25, 0.3) is 0 Å². The van der Waals surface area contributed by atoms with Gasteiger partial charge in [0.1, 0.15) is 0 Å². The van der Waals surface area contributed by atoms with E-state index in [0.29, 0.717) is 19.5 Å². The SMILES string of the molecule is CNCCCS(=O)(=O)NCc1ccncc1. The van der Waals surface area contributed by atoms with Crippen LogP contribution in [0.1, 0.15) is 12.0 Å². The molecule has 0 fully saturated rings. The molecule has 0 aliphatic rings. The highest BCUT2D eigenvalue weighted by Gasteiger charge is 2.08. The lowest BCUT2D eigenvalue weighted by atomic mass is 10.3. The maximum Gasteiger partial charge on any atom is 0.211 e. The van der Waals surface area contributed by atoms with Gasteiger partial charge in [0.05, 0.1) is 5.75 Å². The summed E-state index contributed by atoms with van der Waals surface area (Å²) in [4.78, 5) is 3.86. The molecule has 0 saturated heterocycles. The lowest BCUT2D eigenvalue weighted by Gasteiger charge is -2.06. The molecule has 0 aliphatic carbocycles. The third-order valence-corrected chi connectivity index (χ3v) is 3.50. The topological polar surface area (TPSA) is 71.1 Å². The third kappa shape index (κ3) is 5.20. The van der Waals surface area contributed by atoms with Gasteiger partial charge in [-0.25, -0.2) is 13.1 Å². The van der Waals surface area contributed by atoms with Crippen molar-refractivity contribution >= 4 is 10.0 Å². The van der Waals surface area contributed by atoms with E-state index in [2.05, 4.69) is 15.0 Å². The Hall–Kier alpha value is -0.980. The molecule has 6 heteroatoms. The van der Waals surface area contributed by atoms with Gasteiger partial charge in [0, 0.05) is 18.9 Å². The second kappa shape index (κ2) is 6.57. The Morgan fingerprint density at radius 1 is 1.31 bits per heavy atom. The highest BCUT2D eigenvalue weighted by Crippen LogP contribution is 1.97. The Labute approximate surface area is 96.3 Å². The van der Waals surface area contributed by atoms with Gasteiger partial charge in [-0.15, -0.1) is 0 Å². The molecule has 1 rings (SSSR count). The Balaban J connectivity index is 2.36. The molecule has 16 heavy (non-hydrogen) atoms. The Bertz CT molecular complexity index is 392. The monoisotopic (exact) mass is 243 g/mol. The average molecular weight is 243 g/mol. The average Bonchev–Trinajstić information content (AvgIpc) is 2.28. The summed E-state index contributed by atoms with van der Waals surface area (Å²) in [6, 6.07) is 3.58. The van der Waals surface area contributed by atoms with Crippen LogP contribution in [0.15, 0.2) is 24.5 Å². The lowest BCUT2D eigenvalue weighted by molar-refractivity contribution is 0.577. The smallest absolute Gasteiger partial charge is 0.211 e. The van der Waals surface area contributed by atoms with Crippen LogP contribution in [-0.4, -0.2) is 32.7 Å². The van der Waals surface area contributed by atoms with Gasteiger partial charge in [-0.05, 0) is 37.7 Å². The van der Waals surface area contributed by atoms with E-state index in [-0.39, 0.29) is 5.75 Å². The number of aromatic nitrogens is 1. The molecule has 1 aromatic heterocycles. The van der Waals surface area contributed by atoms with Crippen molar-refractivity contribution in [3.05, 3.63) is 30.1 Å². The molecule has 0 saturated carbocycles. The standard InChI is InChI=1S/C10H17N3O2S/c1-11-5-2-8-16(14,15)13-9-10-3-6-12-7-4-10/h3-4,6-7,11,13H,2,5,8-9H2,1H3. The second-order valence-electron chi connectivity index (χ2n) is 3.45. The molecule has 0 spiro atoms. The number of nitrogens with one attached hydrogen (secondary N) is 2. The highest BCUT2D eigenvalue weighted by atomic mass is 32.2. The predicted octanol–water partition coefficient (Wildman–Crippen LogP) is 0.111. The zero-order chi connectivity index (χ0) is 11.9. The Kier molecular flexibility index (Phi) is 5.37. The van der Waals surface area contributed by atoms with Crippen LogP contribution in [-0.2, 0) is 16.6 Å². The van der Waals surface area contributed by atoms with E-state index in [0.717, 1.165) is 5.56 Å². The molecule has 5 nitrogen and oxygen atoms in total. The molecular weight excluding hydrogens is 226 g/mol. The van der Waals surface area contributed by atoms with E-state index >= 15 is 0 Å². The van der Waals surface area contributed by atoms with Crippen LogP contribution in [0, 0.1) is 0 Å². The number of sulfonamides is 1. The van der Waals surface area contributed by atoms with Crippen molar-refractivity contribution in [1.29, 1.82) is 0 Å². The molecule has 0 aromatic carbocycles. The van der Waals surface area contributed by atoms with E-state index in [1.165, 1.54) is 0 Å². The van der Waals surface area contributed by atoms with Crippen molar-refractivity contribution in [1.82, 2.24) is 15.0 Å². The molecule has 0 bridgehead atoms. The van der Waals surface area contributed by atoms with Gasteiger partial charge in [-0.3, -0.25) is 4.98 Å². The molecule has 0 radical (unpaired) electrons. The Morgan fingerprint density at radius 2 is 2.00 bits per heavy atom. The van der Waals surface area contributed by atoms with Crippen molar-refractivity contribution in [2.45, 2.75) is 13.0 Å². The number of nitrogens with zero attached hydrogens (tertiary/aromatic N) is 1. The second-order valence-corrected chi connectivity index (χ2v) is 5.38. The molecule has 1 heterocycles. The van der Waals surface area contributed by atoms with E-state index in [9.17, 15) is 8.42 Å². The molecule has 0 unspecified atom stereocenters. The normalized spacial score (nSPS) is 11.6. The van der Waals surface area contributed by atoms with E-state index in [4.69, 9.17) is 0 Å². The van der Waals surface area contributed by atoms with E-state index < -0.39 is 10.0 Å². The third-order valence-electron chi connectivity index (χ3n) is 2.09. The molecule has 0 amide bonds. The number of hydrogen-bond donors (Lipinski definition) is 2. The number of hydrogen-bond acceptors (Lipinski definition) is 4. The largest absolute Gasteiger partial charge is 0.320 e. The summed E-state index contributed by atoms with van der Waals surface area (Å²) in [6.45, 7) is 1.03. The maximum atomic E-state index is 11.5. The molecular formula is C10H17N3O2S. The zero-order valence-electron chi connectivity index (χ0n) is 9.31. The molecule has 1 aromatic rings. The van der Waals surface area contributed by atoms with Crippen LogP contribution < -0.4 is 10.0 Å². The van der Waals surface area contributed by atoms with Crippen molar-refractivity contribution < 1.29 is 8.42 Å².